The largest absolute Gasteiger partial charge is 0.327 e. The van der Waals surface area contributed by atoms with Crippen molar-refractivity contribution in [1.29, 1.82) is 0 Å². The first-order chi connectivity index (χ1) is 5.96. The highest BCUT2D eigenvalue weighted by Gasteiger charge is 2.34. The summed E-state index contributed by atoms with van der Waals surface area (Å²) in [6.45, 7) is 9.40. The molecule has 3 atom stereocenters. The zero-order valence-corrected chi connectivity index (χ0v) is 9.64. The van der Waals surface area contributed by atoms with Crippen molar-refractivity contribution in [1.82, 2.24) is 0 Å². The summed E-state index contributed by atoms with van der Waals surface area (Å²) in [6.07, 6.45) is 5.13. The third kappa shape index (κ3) is 2.70. The molecule has 1 saturated carbocycles. The molecular weight excluding hydrogens is 158 g/mol. The molecule has 0 heterocycles. The smallest absolute Gasteiger partial charge is 0.00701 e. The minimum atomic E-state index is 0.461. The first-order valence-electron chi connectivity index (χ1n) is 5.72. The molecule has 1 aliphatic rings. The first kappa shape index (κ1) is 11.0. The summed E-state index contributed by atoms with van der Waals surface area (Å²) in [5.74, 6) is 1.56. The maximum atomic E-state index is 6.18. The molecule has 1 fully saturated rings. The van der Waals surface area contributed by atoms with Gasteiger partial charge in [0, 0.05) is 6.04 Å². The molecule has 1 rings (SSSR count). The topological polar surface area (TPSA) is 26.0 Å². The molecule has 0 saturated heterocycles. The van der Waals surface area contributed by atoms with E-state index in [1.807, 2.05) is 0 Å². The Hall–Kier alpha value is -0.0400. The molecule has 0 aliphatic heterocycles. The van der Waals surface area contributed by atoms with E-state index in [9.17, 15) is 0 Å². The second kappa shape index (κ2) is 4.00. The number of hydrogen-bond donors (Lipinski definition) is 1. The molecule has 1 nitrogen and oxygen atoms in total. The van der Waals surface area contributed by atoms with Crippen LogP contribution in [0.1, 0.15) is 53.4 Å². The van der Waals surface area contributed by atoms with E-state index in [1.165, 1.54) is 25.7 Å². The van der Waals surface area contributed by atoms with Crippen LogP contribution >= 0.6 is 0 Å². The van der Waals surface area contributed by atoms with Gasteiger partial charge in [-0.3, -0.25) is 0 Å². The van der Waals surface area contributed by atoms with Gasteiger partial charge in [-0.1, -0.05) is 34.1 Å². The van der Waals surface area contributed by atoms with Crippen molar-refractivity contribution in [2.24, 2.45) is 23.0 Å². The van der Waals surface area contributed by atoms with E-state index in [4.69, 9.17) is 5.73 Å². The molecule has 0 radical (unpaired) electrons. The van der Waals surface area contributed by atoms with Crippen molar-refractivity contribution in [3.8, 4) is 0 Å². The summed E-state index contributed by atoms with van der Waals surface area (Å²) in [5, 5.41) is 0. The molecular formula is C12H25N. The number of hydrogen-bond acceptors (Lipinski definition) is 1. The zero-order valence-electron chi connectivity index (χ0n) is 9.64. The van der Waals surface area contributed by atoms with Crippen molar-refractivity contribution in [3.05, 3.63) is 0 Å². The van der Waals surface area contributed by atoms with E-state index in [0.29, 0.717) is 11.5 Å². The Morgan fingerprint density at radius 1 is 1.46 bits per heavy atom. The van der Waals surface area contributed by atoms with E-state index < -0.39 is 0 Å². The Labute approximate surface area is 83.1 Å². The summed E-state index contributed by atoms with van der Waals surface area (Å²) < 4.78 is 0. The van der Waals surface area contributed by atoms with Gasteiger partial charge < -0.3 is 5.73 Å². The Bertz CT molecular complexity index is 159. The standard InChI is InChI=1S/C12H25N/c1-5-9(2)10-8-12(3,4)7-6-11(10)13/h9-11H,5-8,13H2,1-4H3. The van der Waals surface area contributed by atoms with Gasteiger partial charge in [-0.2, -0.15) is 0 Å². The zero-order chi connectivity index (χ0) is 10.1. The molecule has 2 N–H and O–H groups in total. The van der Waals surface area contributed by atoms with E-state index in [-0.39, 0.29) is 0 Å². The average Bonchev–Trinajstić information content (AvgIpc) is 2.08. The van der Waals surface area contributed by atoms with Crippen molar-refractivity contribution in [3.63, 3.8) is 0 Å². The quantitative estimate of drug-likeness (QED) is 0.699. The Kier molecular flexibility index (Phi) is 3.39. The third-order valence-electron chi connectivity index (χ3n) is 3.87. The van der Waals surface area contributed by atoms with E-state index in [2.05, 4.69) is 27.7 Å². The molecule has 0 bridgehead atoms. The number of rotatable bonds is 2. The summed E-state index contributed by atoms with van der Waals surface area (Å²) in [6, 6.07) is 0.461. The van der Waals surface area contributed by atoms with Gasteiger partial charge in [0.15, 0.2) is 0 Å². The van der Waals surface area contributed by atoms with Crippen LogP contribution in [0.2, 0.25) is 0 Å². The minimum Gasteiger partial charge on any atom is -0.327 e. The van der Waals surface area contributed by atoms with Gasteiger partial charge in [0.1, 0.15) is 0 Å². The van der Waals surface area contributed by atoms with Crippen molar-refractivity contribution in [2.75, 3.05) is 0 Å². The van der Waals surface area contributed by atoms with Crippen molar-refractivity contribution >= 4 is 0 Å². The van der Waals surface area contributed by atoms with Gasteiger partial charge in [0.05, 0.1) is 0 Å². The lowest BCUT2D eigenvalue weighted by atomic mass is 9.66. The van der Waals surface area contributed by atoms with E-state index in [1.54, 1.807) is 0 Å². The average molecular weight is 183 g/mol. The molecule has 0 aromatic rings. The fourth-order valence-electron chi connectivity index (χ4n) is 2.59. The molecule has 0 amide bonds. The van der Waals surface area contributed by atoms with Gasteiger partial charge in [0.2, 0.25) is 0 Å². The summed E-state index contributed by atoms with van der Waals surface area (Å²) in [4.78, 5) is 0. The summed E-state index contributed by atoms with van der Waals surface area (Å²) >= 11 is 0. The first-order valence-corrected chi connectivity index (χ1v) is 5.72. The van der Waals surface area contributed by atoms with Crippen LogP contribution in [0.4, 0.5) is 0 Å². The molecule has 78 valence electrons. The van der Waals surface area contributed by atoms with Crippen molar-refractivity contribution in [2.45, 2.75) is 59.4 Å². The second-order valence-electron chi connectivity index (χ2n) is 5.62. The summed E-state index contributed by atoms with van der Waals surface area (Å²) in [7, 11) is 0. The number of nitrogens with two attached hydrogens (primary N) is 1. The van der Waals surface area contributed by atoms with Gasteiger partial charge in [-0.15, -0.1) is 0 Å². The Balaban J connectivity index is 2.60. The third-order valence-corrected chi connectivity index (χ3v) is 3.87. The van der Waals surface area contributed by atoms with Crippen LogP contribution in [0.15, 0.2) is 0 Å². The molecule has 0 aromatic heterocycles. The molecule has 13 heavy (non-hydrogen) atoms. The van der Waals surface area contributed by atoms with E-state index in [0.717, 1.165) is 11.8 Å². The summed E-state index contributed by atoms with van der Waals surface area (Å²) in [5.41, 5.74) is 6.71. The molecule has 0 aromatic carbocycles. The molecule has 1 heteroatoms. The van der Waals surface area contributed by atoms with Crippen LogP contribution in [0.25, 0.3) is 0 Å². The molecule has 3 unspecified atom stereocenters. The van der Waals surface area contributed by atoms with Crippen LogP contribution in [-0.4, -0.2) is 6.04 Å². The van der Waals surface area contributed by atoms with Crippen molar-refractivity contribution < 1.29 is 0 Å². The van der Waals surface area contributed by atoms with Gasteiger partial charge in [0.25, 0.3) is 0 Å². The lowest BCUT2D eigenvalue weighted by molar-refractivity contribution is 0.117. The molecule has 1 aliphatic carbocycles. The highest BCUT2D eigenvalue weighted by molar-refractivity contribution is 4.88. The van der Waals surface area contributed by atoms with Gasteiger partial charge in [-0.05, 0) is 36.5 Å². The second-order valence-corrected chi connectivity index (χ2v) is 5.62. The lowest BCUT2D eigenvalue weighted by Crippen LogP contribution is -2.42. The van der Waals surface area contributed by atoms with Gasteiger partial charge in [-0.25, -0.2) is 0 Å². The maximum Gasteiger partial charge on any atom is 0.00701 e. The fraction of sp³-hybridized carbons (Fsp3) is 1.00. The van der Waals surface area contributed by atoms with Crippen LogP contribution in [0.3, 0.4) is 0 Å². The van der Waals surface area contributed by atoms with Crippen LogP contribution in [0.5, 0.6) is 0 Å². The normalized spacial score (nSPS) is 35.8. The van der Waals surface area contributed by atoms with Crippen LogP contribution in [-0.2, 0) is 0 Å². The highest BCUT2D eigenvalue weighted by atomic mass is 14.7. The highest BCUT2D eigenvalue weighted by Crippen LogP contribution is 2.41. The maximum absolute atomic E-state index is 6.18. The SMILES string of the molecule is CCC(C)C1CC(C)(C)CCC1N. The Morgan fingerprint density at radius 2 is 2.08 bits per heavy atom. The van der Waals surface area contributed by atoms with Crippen LogP contribution in [0, 0.1) is 17.3 Å². The van der Waals surface area contributed by atoms with Gasteiger partial charge >= 0.3 is 0 Å². The Morgan fingerprint density at radius 3 is 2.62 bits per heavy atom. The minimum absolute atomic E-state index is 0.461. The molecule has 0 spiro atoms. The van der Waals surface area contributed by atoms with Crippen LogP contribution < -0.4 is 5.73 Å². The predicted octanol–water partition coefficient (Wildman–Crippen LogP) is 3.19. The monoisotopic (exact) mass is 183 g/mol. The lowest BCUT2D eigenvalue weighted by Gasteiger charge is -2.42. The fourth-order valence-corrected chi connectivity index (χ4v) is 2.59. The predicted molar refractivity (Wildman–Crippen MR) is 58.6 cm³/mol. The van der Waals surface area contributed by atoms with E-state index >= 15 is 0 Å².